The maximum Gasteiger partial charge on any atom is 0.317 e. The fraction of sp³-hybridized carbons (Fsp3) is 0.556. The van der Waals surface area contributed by atoms with Gasteiger partial charge in [-0.1, -0.05) is 25.1 Å². The Morgan fingerprint density at radius 2 is 1.92 bits per heavy atom. The lowest BCUT2D eigenvalue weighted by Gasteiger charge is -2.34. The van der Waals surface area contributed by atoms with E-state index in [-0.39, 0.29) is 12.6 Å². The van der Waals surface area contributed by atoms with Crippen LogP contribution in [-0.4, -0.2) is 55.2 Å². The fourth-order valence-electron chi connectivity index (χ4n) is 2.97. The van der Waals surface area contributed by atoms with Crippen LogP contribution in [0.25, 0.3) is 0 Å². The van der Waals surface area contributed by atoms with Crippen molar-refractivity contribution in [2.45, 2.75) is 19.8 Å². The Kier molecular flexibility index (Phi) is 6.46. The summed E-state index contributed by atoms with van der Waals surface area (Å²) >= 11 is 0. The maximum absolute atomic E-state index is 12.0. The van der Waals surface area contributed by atoms with Crippen LogP contribution in [0.4, 0.5) is 10.5 Å². The van der Waals surface area contributed by atoms with Crippen molar-refractivity contribution in [3.8, 4) is 0 Å². The van der Waals surface area contributed by atoms with E-state index >= 15 is 0 Å². The zero-order valence-corrected chi connectivity index (χ0v) is 14.4. The van der Waals surface area contributed by atoms with Gasteiger partial charge in [-0.25, -0.2) is 4.79 Å². The molecule has 2 N–H and O–H groups in total. The average molecular weight is 333 g/mol. The first kappa shape index (κ1) is 18.1. The molecule has 1 aliphatic rings. The number of urea groups is 1. The van der Waals surface area contributed by atoms with E-state index < -0.39 is 11.9 Å². The third kappa shape index (κ3) is 5.15. The van der Waals surface area contributed by atoms with E-state index in [1.54, 1.807) is 14.0 Å². The van der Waals surface area contributed by atoms with Crippen molar-refractivity contribution in [2.24, 2.45) is 11.8 Å². The second-order valence-electron chi connectivity index (χ2n) is 6.57. The third-order valence-electron chi connectivity index (χ3n) is 4.59. The predicted octanol–water partition coefficient (Wildman–Crippen LogP) is 2.27. The van der Waals surface area contributed by atoms with Gasteiger partial charge in [0, 0.05) is 38.9 Å². The number of para-hydroxylation sites is 1. The van der Waals surface area contributed by atoms with E-state index in [9.17, 15) is 9.59 Å². The summed E-state index contributed by atoms with van der Waals surface area (Å²) < 4.78 is 0. The van der Waals surface area contributed by atoms with Crippen LogP contribution in [0.15, 0.2) is 30.3 Å². The molecule has 0 spiro atoms. The fourth-order valence-corrected chi connectivity index (χ4v) is 2.97. The molecule has 1 aliphatic heterocycles. The van der Waals surface area contributed by atoms with Crippen LogP contribution >= 0.6 is 0 Å². The predicted molar refractivity (Wildman–Crippen MR) is 94.2 cm³/mol. The summed E-state index contributed by atoms with van der Waals surface area (Å²) in [6.45, 7) is 4.46. The molecule has 0 saturated carbocycles. The van der Waals surface area contributed by atoms with Crippen LogP contribution in [0.5, 0.6) is 0 Å². The topological polar surface area (TPSA) is 72.9 Å². The molecule has 1 fully saturated rings. The number of carbonyl (C=O) groups is 2. The zero-order chi connectivity index (χ0) is 17.5. The van der Waals surface area contributed by atoms with Gasteiger partial charge < -0.3 is 20.2 Å². The first-order valence-corrected chi connectivity index (χ1v) is 8.49. The van der Waals surface area contributed by atoms with Crippen LogP contribution in [0, 0.1) is 11.8 Å². The Morgan fingerprint density at radius 3 is 2.50 bits per heavy atom. The van der Waals surface area contributed by atoms with Crippen LogP contribution in [0.1, 0.15) is 19.8 Å². The molecule has 1 saturated heterocycles. The average Bonchev–Trinajstić information content (AvgIpc) is 2.60. The Labute approximate surface area is 143 Å². The van der Waals surface area contributed by atoms with Crippen LogP contribution in [0.3, 0.4) is 0 Å². The van der Waals surface area contributed by atoms with Crippen molar-refractivity contribution in [3.05, 3.63) is 30.3 Å². The van der Waals surface area contributed by atoms with Gasteiger partial charge in [0.15, 0.2) is 0 Å². The molecule has 2 amide bonds. The molecular formula is C18H27N3O3. The number of piperidine rings is 1. The minimum absolute atomic E-state index is 0.200. The lowest BCUT2D eigenvalue weighted by atomic mass is 9.96. The number of nitrogens with zero attached hydrogens (tertiary/aromatic N) is 2. The number of nitrogens with one attached hydrogen (secondary N) is 1. The molecule has 1 aromatic rings. The molecule has 132 valence electrons. The summed E-state index contributed by atoms with van der Waals surface area (Å²) in [7, 11) is 1.63. The van der Waals surface area contributed by atoms with E-state index in [0.29, 0.717) is 12.5 Å². The number of benzene rings is 1. The Morgan fingerprint density at radius 1 is 1.29 bits per heavy atom. The number of anilines is 1. The molecule has 6 nitrogen and oxygen atoms in total. The van der Waals surface area contributed by atoms with E-state index in [2.05, 4.69) is 34.5 Å². The van der Waals surface area contributed by atoms with Gasteiger partial charge in [-0.3, -0.25) is 4.79 Å². The maximum atomic E-state index is 12.0. The van der Waals surface area contributed by atoms with Crippen LogP contribution < -0.4 is 10.2 Å². The van der Waals surface area contributed by atoms with Crippen molar-refractivity contribution in [1.82, 2.24) is 10.2 Å². The minimum atomic E-state index is -0.886. The van der Waals surface area contributed by atoms with Gasteiger partial charge in [-0.15, -0.1) is 0 Å². The smallest absolute Gasteiger partial charge is 0.317 e. The summed E-state index contributed by atoms with van der Waals surface area (Å²) in [6.07, 6.45) is 2.09. The lowest BCUT2D eigenvalue weighted by Crippen LogP contribution is -2.44. The summed E-state index contributed by atoms with van der Waals surface area (Å²) in [4.78, 5) is 26.7. The molecule has 0 aromatic heterocycles. The molecule has 6 heteroatoms. The van der Waals surface area contributed by atoms with Crippen molar-refractivity contribution < 1.29 is 14.7 Å². The zero-order valence-electron chi connectivity index (χ0n) is 14.4. The highest BCUT2D eigenvalue weighted by molar-refractivity contribution is 5.75. The molecule has 1 unspecified atom stereocenters. The largest absolute Gasteiger partial charge is 0.481 e. The first-order chi connectivity index (χ1) is 11.5. The quantitative estimate of drug-likeness (QED) is 0.837. The van der Waals surface area contributed by atoms with Crippen molar-refractivity contribution >= 4 is 17.7 Å². The molecule has 1 atom stereocenters. The van der Waals surface area contributed by atoms with Crippen molar-refractivity contribution in [2.75, 3.05) is 38.1 Å². The third-order valence-corrected chi connectivity index (χ3v) is 4.59. The summed E-state index contributed by atoms with van der Waals surface area (Å²) in [5, 5.41) is 11.8. The highest BCUT2D eigenvalue weighted by Gasteiger charge is 2.21. The van der Waals surface area contributed by atoms with Crippen molar-refractivity contribution in [1.29, 1.82) is 0 Å². The molecule has 0 bridgehead atoms. The number of hydrogen-bond donors (Lipinski definition) is 2. The van der Waals surface area contributed by atoms with Gasteiger partial charge in [0.25, 0.3) is 0 Å². The van der Waals surface area contributed by atoms with Gasteiger partial charge in [0.1, 0.15) is 0 Å². The second-order valence-corrected chi connectivity index (χ2v) is 6.57. The molecule has 24 heavy (non-hydrogen) atoms. The molecule has 2 rings (SSSR count). The Bertz CT molecular complexity index is 542. The summed E-state index contributed by atoms with van der Waals surface area (Å²) in [6, 6.07) is 10.2. The van der Waals surface area contributed by atoms with E-state index in [1.807, 2.05) is 6.07 Å². The van der Waals surface area contributed by atoms with Gasteiger partial charge >= 0.3 is 12.0 Å². The van der Waals surface area contributed by atoms with Gasteiger partial charge in [-0.05, 0) is 30.9 Å². The van der Waals surface area contributed by atoms with Crippen LogP contribution in [0.2, 0.25) is 0 Å². The van der Waals surface area contributed by atoms with Gasteiger partial charge in [0.2, 0.25) is 0 Å². The SMILES string of the molecule is CC(CN(C)C(=O)NCC1CCN(c2ccccc2)CC1)C(=O)O. The van der Waals surface area contributed by atoms with E-state index in [4.69, 9.17) is 5.11 Å². The minimum Gasteiger partial charge on any atom is -0.481 e. The molecule has 0 aliphatic carbocycles. The van der Waals surface area contributed by atoms with Crippen molar-refractivity contribution in [3.63, 3.8) is 0 Å². The lowest BCUT2D eigenvalue weighted by molar-refractivity contribution is -0.141. The monoisotopic (exact) mass is 333 g/mol. The number of aliphatic carboxylic acids is 1. The number of hydrogen-bond acceptors (Lipinski definition) is 3. The first-order valence-electron chi connectivity index (χ1n) is 8.49. The molecule has 1 aromatic carbocycles. The Hall–Kier alpha value is -2.24. The molecular weight excluding hydrogens is 306 g/mol. The Balaban J connectivity index is 1.70. The molecule has 0 radical (unpaired) electrons. The molecule has 1 heterocycles. The number of amides is 2. The summed E-state index contributed by atoms with van der Waals surface area (Å²) in [5.41, 5.74) is 1.25. The number of carboxylic acids is 1. The summed E-state index contributed by atoms with van der Waals surface area (Å²) in [5.74, 6) is -0.975. The van der Waals surface area contributed by atoms with E-state index in [1.165, 1.54) is 10.6 Å². The van der Waals surface area contributed by atoms with Gasteiger partial charge in [0.05, 0.1) is 5.92 Å². The van der Waals surface area contributed by atoms with Crippen LogP contribution in [-0.2, 0) is 4.79 Å². The standard InChI is InChI=1S/C18H27N3O3/c1-14(17(22)23)13-20(2)18(24)19-12-15-8-10-21(11-9-15)16-6-4-3-5-7-16/h3-7,14-15H,8-13H2,1-2H3,(H,19,24)(H,22,23). The second kappa shape index (κ2) is 8.57. The number of carboxylic acid groups (broad SMARTS) is 1. The highest BCUT2D eigenvalue weighted by Crippen LogP contribution is 2.22. The highest BCUT2D eigenvalue weighted by atomic mass is 16.4. The number of rotatable bonds is 6. The normalized spacial score (nSPS) is 16.5. The van der Waals surface area contributed by atoms with Gasteiger partial charge in [-0.2, -0.15) is 0 Å². The number of carbonyl (C=O) groups excluding carboxylic acids is 1. The van der Waals surface area contributed by atoms with E-state index in [0.717, 1.165) is 25.9 Å².